The first-order chi connectivity index (χ1) is 10.3. The van der Waals surface area contributed by atoms with Crippen molar-refractivity contribution in [3.63, 3.8) is 0 Å². The minimum absolute atomic E-state index is 0.117. The Morgan fingerprint density at radius 1 is 0.773 bits per heavy atom. The topological polar surface area (TPSA) is 18.5 Å². The Labute approximate surface area is 133 Å². The fourth-order valence-corrected chi connectivity index (χ4v) is 2.80. The van der Waals surface area contributed by atoms with Crippen molar-refractivity contribution in [1.29, 1.82) is 0 Å². The third kappa shape index (κ3) is 2.44. The largest absolute Gasteiger partial charge is 0.485 e. The number of hydrogen-bond donors (Lipinski definition) is 0. The highest BCUT2D eigenvalue weighted by Crippen LogP contribution is 2.34. The van der Waals surface area contributed by atoms with Crippen molar-refractivity contribution in [2.75, 3.05) is 0 Å². The van der Waals surface area contributed by atoms with E-state index in [0.717, 1.165) is 11.2 Å². The first kappa shape index (κ1) is 15.2. The second-order valence-corrected chi connectivity index (χ2v) is 7.01. The molecule has 0 aliphatic carbocycles. The van der Waals surface area contributed by atoms with Crippen LogP contribution >= 0.6 is 0 Å². The van der Waals surface area contributed by atoms with Crippen molar-refractivity contribution >= 4 is 17.8 Å². The van der Waals surface area contributed by atoms with Crippen LogP contribution in [0.3, 0.4) is 0 Å². The summed E-state index contributed by atoms with van der Waals surface area (Å²) in [5.74, 6) is 0.909. The second-order valence-electron chi connectivity index (χ2n) is 7.01. The van der Waals surface area contributed by atoms with Crippen LogP contribution in [0.5, 0.6) is 5.75 Å². The lowest BCUT2D eigenvalue weighted by Crippen LogP contribution is -2.55. The summed E-state index contributed by atoms with van der Waals surface area (Å²) in [6.45, 7) is 10.4. The Morgan fingerprint density at radius 2 is 1.36 bits per heavy atom. The van der Waals surface area contributed by atoms with E-state index in [2.05, 4.69) is 65.0 Å². The van der Waals surface area contributed by atoms with Crippen LogP contribution in [0.15, 0.2) is 48.5 Å². The molecule has 0 unspecified atom stereocenters. The summed E-state index contributed by atoms with van der Waals surface area (Å²) in [6, 6.07) is 16.6. The molecule has 3 heteroatoms. The molecule has 0 spiro atoms. The zero-order chi connectivity index (χ0) is 16.0. The summed E-state index contributed by atoms with van der Waals surface area (Å²) in [5.41, 5.74) is 2.69. The molecule has 0 aromatic heterocycles. The summed E-state index contributed by atoms with van der Waals surface area (Å²) in [4.78, 5) is 0. The number of aryl methyl sites for hydroxylation is 1. The molecule has 1 aliphatic heterocycles. The lowest BCUT2D eigenvalue weighted by molar-refractivity contribution is -0.0681. The molecule has 114 valence electrons. The Balaban J connectivity index is 2.19. The summed E-state index contributed by atoms with van der Waals surface area (Å²) in [6.07, 6.45) is 0. The van der Waals surface area contributed by atoms with Gasteiger partial charge in [-0.2, -0.15) is 0 Å². The number of ether oxygens (including phenoxy) is 1. The van der Waals surface area contributed by atoms with Crippen LogP contribution in [-0.4, -0.2) is 18.1 Å². The SMILES string of the molecule is Cc1ccccc1B1OC(C)(C)C(C)(C)Oc2ccccc21. The predicted octanol–water partition coefficient (Wildman–Crippen LogP) is 3.07. The molecular formula is C19H23BO2. The minimum Gasteiger partial charge on any atom is -0.485 e. The van der Waals surface area contributed by atoms with E-state index < -0.39 is 11.2 Å². The maximum Gasteiger partial charge on any atom is 0.366 e. The van der Waals surface area contributed by atoms with Crippen LogP contribution in [0, 0.1) is 6.92 Å². The first-order valence-corrected chi connectivity index (χ1v) is 7.83. The van der Waals surface area contributed by atoms with Crippen molar-refractivity contribution in [2.24, 2.45) is 0 Å². The molecule has 0 fully saturated rings. The van der Waals surface area contributed by atoms with E-state index in [4.69, 9.17) is 9.39 Å². The van der Waals surface area contributed by atoms with Crippen molar-refractivity contribution in [1.82, 2.24) is 0 Å². The van der Waals surface area contributed by atoms with Crippen molar-refractivity contribution < 1.29 is 9.39 Å². The van der Waals surface area contributed by atoms with Gasteiger partial charge in [0.05, 0.1) is 5.60 Å². The number of hydrogen-bond acceptors (Lipinski definition) is 2. The molecular weight excluding hydrogens is 271 g/mol. The highest BCUT2D eigenvalue weighted by Gasteiger charge is 2.47. The maximum atomic E-state index is 6.58. The van der Waals surface area contributed by atoms with Gasteiger partial charge in [0.1, 0.15) is 11.4 Å². The highest BCUT2D eigenvalue weighted by atomic mass is 16.6. The van der Waals surface area contributed by atoms with Crippen LogP contribution in [0.25, 0.3) is 0 Å². The molecule has 0 amide bonds. The third-order valence-electron chi connectivity index (χ3n) is 4.90. The van der Waals surface area contributed by atoms with Gasteiger partial charge in [-0.1, -0.05) is 48.0 Å². The van der Waals surface area contributed by atoms with E-state index in [1.165, 1.54) is 11.0 Å². The van der Waals surface area contributed by atoms with Crippen LogP contribution in [0.4, 0.5) is 0 Å². The van der Waals surface area contributed by atoms with E-state index in [-0.39, 0.29) is 6.92 Å². The summed E-state index contributed by atoms with van der Waals surface area (Å²) >= 11 is 0. The zero-order valence-electron chi connectivity index (χ0n) is 14.0. The average molecular weight is 294 g/mol. The molecule has 0 saturated carbocycles. The molecule has 2 aromatic carbocycles. The lowest BCUT2D eigenvalue weighted by Gasteiger charge is -2.40. The van der Waals surface area contributed by atoms with Gasteiger partial charge < -0.3 is 9.39 Å². The van der Waals surface area contributed by atoms with Crippen LogP contribution in [0.2, 0.25) is 0 Å². The van der Waals surface area contributed by atoms with Gasteiger partial charge in [0.15, 0.2) is 0 Å². The van der Waals surface area contributed by atoms with Crippen LogP contribution in [-0.2, 0) is 4.65 Å². The van der Waals surface area contributed by atoms with Gasteiger partial charge >= 0.3 is 6.92 Å². The normalized spacial score (nSPS) is 19.0. The van der Waals surface area contributed by atoms with Crippen molar-refractivity contribution in [3.8, 4) is 5.75 Å². The molecule has 0 N–H and O–H groups in total. The Kier molecular flexibility index (Phi) is 3.56. The van der Waals surface area contributed by atoms with Gasteiger partial charge in [-0.05, 0) is 51.6 Å². The number of para-hydroxylation sites is 1. The average Bonchev–Trinajstić information content (AvgIpc) is 2.53. The van der Waals surface area contributed by atoms with E-state index in [1.54, 1.807) is 0 Å². The Hall–Kier alpha value is -1.74. The molecule has 2 nitrogen and oxygen atoms in total. The summed E-state index contributed by atoms with van der Waals surface area (Å²) in [5, 5.41) is 0. The van der Waals surface area contributed by atoms with Gasteiger partial charge in [0.2, 0.25) is 0 Å². The second kappa shape index (κ2) is 5.17. The fraction of sp³-hybridized carbons (Fsp3) is 0.368. The molecule has 2 aromatic rings. The summed E-state index contributed by atoms with van der Waals surface area (Å²) in [7, 11) is 0. The van der Waals surface area contributed by atoms with Crippen molar-refractivity contribution in [2.45, 2.75) is 45.8 Å². The lowest BCUT2D eigenvalue weighted by atomic mass is 9.53. The molecule has 0 atom stereocenters. The van der Waals surface area contributed by atoms with E-state index in [1.807, 2.05) is 18.2 Å². The zero-order valence-corrected chi connectivity index (χ0v) is 14.0. The molecule has 0 bridgehead atoms. The van der Waals surface area contributed by atoms with Crippen LogP contribution < -0.4 is 15.7 Å². The number of fused-ring (bicyclic) bond motifs is 1. The van der Waals surface area contributed by atoms with Crippen molar-refractivity contribution in [3.05, 3.63) is 54.1 Å². The molecule has 3 rings (SSSR count). The first-order valence-electron chi connectivity index (χ1n) is 7.83. The maximum absolute atomic E-state index is 6.58. The molecule has 0 saturated heterocycles. The fourth-order valence-electron chi connectivity index (χ4n) is 2.80. The predicted molar refractivity (Wildman–Crippen MR) is 92.5 cm³/mol. The Morgan fingerprint density at radius 3 is 2.05 bits per heavy atom. The Bertz CT molecular complexity index is 691. The standard InChI is InChI=1S/C19H23BO2/c1-14-10-6-7-11-15(14)20-16-12-8-9-13-17(16)21-18(2,3)19(4,5)22-20/h6-13H,1-5H3. The smallest absolute Gasteiger partial charge is 0.366 e. The third-order valence-corrected chi connectivity index (χ3v) is 4.90. The van der Waals surface area contributed by atoms with Gasteiger partial charge in [-0.3, -0.25) is 0 Å². The quantitative estimate of drug-likeness (QED) is 0.753. The molecule has 1 heterocycles. The summed E-state index contributed by atoms with van der Waals surface area (Å²) < 4.78 is 12.9. The van der Waals surface area contributed by atoms with E-state index >= 15 is 0 Å². The molecule has 22 heavy (non-hydrogen) atoms. The molecule has 1 aliphatic rings. The van der Waals surface area contributed by atoms with Gasteiger partial charge in [-0.15, -0.1) is 0 Å². The number of rotatable bonds is 1. The highest BCUT2D eigenvalue weighted by molar-refractivity contribution is 6.81. The van der Waals surface area contributed by atoms with Gasteiger partial charge in [0, 0.05) is 0 Å². The minimum atomic E-state index is -0.418. The van der Waals surface area contributed by atoms with Crippen LogP contribution in [0.1, 0.15) is 33.3 Å². The van der Waals surface area contributed by atoms with Gasteiger partial charge in [-0.25, -0.2) is 0 Å². The number of benzene rings is 2. The van der Waals surface area contributed by atoms with E-state index in [0.29, 0.717) is 0 Å². The molecule has 0 radical (unpaired) electrons. The monoisotopic (exact) mass is 294 g/mol. The van der Waals surface area contributed by atoms with Gasteiger partial charge in [0.25, 0.3) is 0 Å². The van der Waals surface area contributed by atoms with E-state index in [9.17, 15) is 0 Å².